The second kappa shape index (κ2) is 11.7. The first kappa shape index (κ1) is 25.9. The molecule has 0 aliphatic heterocycles. The summed E-state index contributed by atoms with van der Waals surface area (Å²) in [6.07, 6.45) is -1.33. The first-order valence-corrected chi connectivity index (χ1v) is 8.70. The molecular weight excluding hydrogens is 390 g/mol. The first-order valence-electron chi connectivity index (χ1n) is 8.70. The first-order chi connectivity index (χ1) is 13.3. The van der Waals surface area contributed by atoms with Gasteiger partial charge in [-0.05, 0) is 26.7 Å². The predicted octanol–water partition coefficient (Wildman–Crippen LogP) is -2.90. The summed E-state index contributed by atoms with van der Waals surface area (Å²) < 4.78 is 0. The van der Waals surface area contributed by atoms with Gasteiger partial charge in [0.15, 0.2) is 0 Å². The lowest BCUT2D eigenvalue weighted by molar-refractivity contribution is -0.152. The van der Waals surface area contributed by atoms with E-state index in [2.05, 4.69) is 5.32 Å². The van der Waals surface area contributed by atoms with Gasteiger partial charge in [0.1, 0.15) is 18.1 Å². The molecule has 0 fully saturated rings. The highest BCUT2D eigenvalue weighted by atomic mass is 16.4. The van der Waals surface area contributed by atoms with Crippen LogP contribution in [0.1, 0.15) is 39.5 Å². The second-order valence-electron chi connectivity index (χ2n) is 6.45. The van der Waals surface area contributed by atoms with Gasteiger partial charge in [-0.2, -0.15) is 0 Å². The number of carbonyl (C=O) groups is 6. The van der Waals surface area contributed by atoms with Crippen LogP contribution in [-0.2, 0) is 28.8 Å². The smallest absolute Gasteiger partial charge is 0.326 e. The fourth-order valence-electron chi connectivity index (χ4n) is 2.23. The summed E-state index contributed by atoms with van der Waals surface area (Å²) in [6.45, 7) is 2.46. The normalized spacial score (nSPS) is 14.8. The molecule has 164 valence electrons. The molecule has 9 N–H and O–H groups in total. The molecule has 13 heteroatoms. The van der Waals surface area contributed by atoms with E-state index in [4.69, 9.17) is 27.4 Å². The van der Waals surface area contributed by atoms with E-state index in [-0.39, 0.29) is 19.3 Å². The van der Waals surface area contributed by atoms with Crippen LogP contribution < -0.4 is 22.5 Å². The average Bonchev–Trinajstić information content (AvgIpc) is 2.61. The Labute approximate surface area is 166 Å². The zero-order chi connectivity index (χ0) is 22.9. The number of carboxylic acid groups (broad SMARTS) is 2. The van der Waals surface area contributed by atoms with Crippen LogP contribution in [0.3, 0.4) is 0 Å². The van der Waals surface area contributed by atoms with Crippen LogP contribution in [-0.4, -0.2) is 74.8 Å². The Morgan fingerprint density at radius 1 is 0.931 bits per heavy atom. The number of nitrogens with two attached hydrogens (primary N) is 3. The maximum Gasteiger partial charge on any atom is 0.326 e. The summed E-state index contributed by atoms with van der Waals surface area (Å²) in [5.41, 5.74) is 15.8. The summed E-state index contributed by atoms with van der Waals surface area (Å²) >= 11 is 0. The molecule has 4 amide bonds. The van der Waals surface area contributed by atoms with Gasteiger partial charge in [-0.25, -0.2) is 4.79 Å². The third kappa shape index (κ3) is 8.66. The number of hydrogen-bond donors (Lipinski definition) is 6. The summed E-state index contributed by atoms with van der Waals surface area (Å²) in [5, 5.41) is 20.1. The Kier molecular flexibility index (Phi) is 10.5. The van der Waals surface area contributed by atoms with E-state index in [0.29, 0.717) is 4.90 Å². The number of nitrogens with one attached hydrogen (secondary N) is 1. The Hall–Kier alpha value is -3.06. The van der Waals surface area contributed by atoms with Crippen molar-refractivity contribution >= 4 is 35.6 Å². The topological polar surface area (TPSA) is 236 Å². The van der Waals surface area contributed by atoms with Crippen LogP contribution in [0.25, 0.3) is 0 Å². The van der Waals surface area contributed by atoms with E-state index in [1.54, 1.807) is 0 Å². The van der Waals surface area contributed by atoms with Gasteiger partial charge in [-0.3, -0.25) is 28.9 Å². The fourth-order valence-corrected chi connectivity index (χ4v) is 2.23. The molecule has 0 aromatic carbocycles. The zero-order valence-electron chi connectivity index (χ0n) is 16.2. The average molecular weight is 417 g/mol. The maximum atomic E-state index is 12.4. The highest BCUT2D eigenvalue weighted by molar-refractivity contribution is 6.02. The summed E-state index contributed by atoms with van der Waals surface area (Å²) in [4.78, 5) is 70.6. The standard InChI is InChI=1S/C16H27N5O8/c1-7(17)14(25)21(12(23)6-3-9(18)15(26)27)8(2)13(24)20-10(16(28)29)4-5-11(19)22/h7-10H,3-6,17-18H2,1-2H3,(H2,19,22)(H,20,24)(H,26,27)(H,28,29). The van der Waals surface area contributed by atoms with Crippen molar-refractivity contribution in [1.29, 1.82) is 0 Å². The number of rotatable bonds is 12. The summed E-state index contributed by atoms with van der Waals surface area (Å²) in [7, 11) is 0. The Bertz CT molecular complexity index is 666. The van der Waals surface area contributed by atoms with Crippen LogP contribution >= 0.6 is 0 Å². The molecule has 0 radical (unpaired) electrons. The van der Waals surface area contributed by atoms with Crippen LogP contribution in [0, 0.1) is 0 Å². The third-order valence-corrected chi connectivity index (χ3v) is 3.94. The highest BCUT2D eigenvalue weighted by Gasteiger charge is 2.34. The van der Waals surface area contributed by atoms with Crippen molar-refractivity contribution in [3.05, 3.63) is 0 Å². The number of amides is 4. The van der Waals surface area contributed by atoms with Crippen LogP contribution in [0.5, 0.6) is 0 Å². The quantitative estimate of drug-likeness (QED) is 0.189. The largest absolute Gasteiger partial charge is 0.480 e. The molecule has 4 unspecified atom stereocenters. The number of hydrogen-bond acceptors (Lipinski definition) is 8. The van der Waals surface area contributed by atoms with Crippen LogP contribution in [0.2, 0.25) is 0 Å². The molecule has 0 bridgehead atoms. The van der Waals surface area contributed by atoms with Crippen LogP contribution in [0.4, 0.5) is 0 Å². The summed E-state index contributed by atoms with van der Waals surface area (Å²) in [6, 6.07) is -5.43. The SMILES string of the molecule is CC(N)C(=O)N(C(=O)CCC(N)C(=O)O)C(C)C(=O)NC(CCC(N)=O)C(=O)O. The fraction of sp³-hybridized carbons (Fsp3) is 0.625. The van der Waals surface area contributed by atoms with Crippen molar-refractivity contribution in [1.82, 2.24) is 10.2 Å². The minimum absolute atomic E-state index is 0.286. The monoisotopic (exact) mass is 417 g/mol. The number of imide groups is 1. The van der Waals surface area contributed by atoms with Gasteiger partial charge in [0.2, 0.25) is 23.6 Å². The predicted molar refractivity (Wildman–Crippen MR) is 97.8 cm³/mol. The minimum atomic E-state index is -1.47. The van der Waals surface area contributed by atoms with Crippen molar-refractivity contribution in [3.63, 3.8) is 0 Å². The molecule has 0 rings (SSSR count). The minimum Gasteiger partial charge on any atom is -0.480 e. The number of carboxylic acids is 2. The maximum absolute atomic E-state index is 12.4. The van der Waals surface area contributed by atoms with Gasteiger partial charge in [-0.15, -0.1) is 0 Å². The van der Waals surface area contributed by atoms with Gasteiger partial charge >= 0.3 is 11.9 Å². The Balaban J connectivity index is 5.39. The van der Waals surface area contributed by atoms with Gasteiger partial charge in [-0.1, -0.05) is 0 Å². The highest BCUT2D eigenvalue weighted by Crippen LogP contribution is 2.10. The summed E-state index contributed by atoms with van der Waals surface area (Å²) in [5.74, 6) is -6.33. The van der Waals surface area contributed by atoms with E-state index >= 15 is 0 Å². The molecule has 0 heterocycles. The molecule has 0 aromatic rings. The molecule has 0 saturated heterocycles. The van der Waals surface area contributed by atoms with Gasteiger partial charge < -0.3 is 32.7 Å². The van der Waals surface area contributed by atoms with E-state index in [0.717, 1.165) is 0 Å². The molecule has 0 aromatic heterocycles. The lowest BCUT2D eigenvalue weighted by Crippen LogP contribution is -2.57. The number of aliphatic carboxylic acids is 2. The van der Waals surface area contributed by atoms with Crippen molar-refractivity contribution < 1.29 is 39.0 Å². The number of carbonyl (C=O) groups excluding carboxylic acids is 4. The van der Waals surface area contributed by atoms with Crippen molar-refractivity contribution in [2.24, 2.45) is 17.2 Å². The molecular formula is C16H27N5O8. The van der Waals surface area contributed by atoms with Crippen molar-refractivity contribution in [3.8, 4) is 0 Å². The molecule has 0 spiro atoms. The van der Waals surface area contributed by atoms with Crippen molar-refractivity contribution in [2.45, 2.75) is 63.7 Å². The van der Waals surface area contributed by atoms with Crippen LogP contribution in [0.15, 0.2) is 0 Å². The second-order valence-corrected chi connectivity index (χ2v) is 6.45. The molecule has 0 aliphatic rings. The molecule has 29 heavy (non-hydrogen) atoms. The van der Waals surface area contributed by atoms with Gasteiger partial charge in [0, 0.05) is 12.8 Å². The van der Waals surface area contributed by atoms with Gasteiger partial charge in [0.25, 0.3) is 0 Å². The Morgan fingerprint density at radius 3 is 1.90 bits per heavy atom. The van der Waals surface area contributed by atoms with Gasteiger partial charge in [0.05, 0.1) is 6.04 Å². The van der Waals surface area contributed by atoms with E-state index < -0.39 is 66.2 Å². The van der Waals surface area contributed by atoms with E-state index in [1.165, 1.54) is 13.8 Å². The molecule has 4 atom stereocenters. The molecule has 13 nitrogen and oxygen atoms in total. The lowest BCUT2D eigenvalue weighted by Gasteiger charge is -2.29. The third-order valence-electron chi connectivity index (χ3n) is 3.94. The zero-order valence-corrected chi connectivity index (χ0v) is 16.2. The number of primary amides is 1. The molecule has 0 aliphatic carbocycles. The van der Waals surface area contributed by atoms with E-state index in [9.17, 15) is 28.8 Å². The Morgan fingerprint density at radius 2 is 1.48 bits per heavy atom. The van der Waals surface area contributed by atoms with E-state index in [1.807, 2.05) is 0 Å². The van der Waals surface area contributed by atoms with Crippen molar-refractivity contribution in [2.75, 3.05) is 0 Å². The lowest BCUT2D eigenvalue weighted by atomic mass is 10.1. The molecule has 0 saturated carbocycles. The number of nitrogens with zero attached hydrogens (tertiary/aromatic N) is 1.